The number of rotatable bonds is 5. The van der Waals surface area contributed by atoms with Gasteiger partial charge < -0.3 is 9.15 Å². The summed E-state index contributed by atoms with van der Waals surface area (Å²) in [7, 11) is 1.71. The molecule has 0 radical (unpaired) electrons. The van der Waals surface area contributed by atoms with Crippen LogP contribution < -0.4 is 0 Å². The van der Waals surface area contributed by atoms with Gasteiger partial charge in [-0.3, -0.25) is 0 Å². The molecule has 0 aliphatic carbocycles. The number of halogens is 2. The van der Waals surface area contributed by atoms with Crippen molar-refractivity contribution in [2.75, 3.05) is 13.7 Å². The molecule has 1 unspecified atom stereocenters. The zero-order chi connectivity index (χ0) is 13.0. The van der Waals surface area contributed by atoms with Crippen LogP contribution in [0.5, 0.6) is 0 Å². The van der Waals surface area contributed by atoms with E-state index >= 15 is 0 Å². The van der Waals surface area contributed by atoms with Crippen molar-refractivity contribution in [3.63, 3.8) is 0 Å². The number of benzene rings is 1. The third-order valence-corrected chi connectivity index (χ3v) is 3.60. The van der Waals surface area contributed by atoms with Crippen molar-refractivity contribution in [2.24, 2.45) is 0 Å². The van der Waals surface area contributed by atoms with Crippen LogP contribution in [0.25, 0.3) is 0 Å². The summed E-state index contributed by atoms with van der Waals surface area (Å²) < 4.78 is 11.2. The van der Waals surface area contributed by atoms with Crippen LogP contribution in [0.3, 0.4) is 0 Å². The first kappa shape index (κ1) is 13.7. The summed E-state index contributed by atoms with van der Waals surface area (Å²) in [6, 6.07) is 11.9. The van der Waals surface area contributed by atoms with Crippen molar-refractivity contribution < 1.29 is 9.15 Å². The summed E-state index contributed by atoms with van der Waals surface area (Å²) >= 11 is 9.64. The number of hydrogen-bond donors (Lipinski definition) is 0. The van der Waals surface area contributed by atoms with Gasteiger partial charge in [0.15, 0.2) is 4.67 Å². The Morgan fingerprint density at radius 2 is 1.94 bits per heavy atom. The molecule has 1 aromatic heterocycles. The van der Waals surface area contributed by atoms with Crippen molar-refractivity contribution in [3.8, 4) is 0 Å². The molecule has 1 heterocycles. The van der Waals surface area contributed by atoms with E-state index in [1.807, 2.05) is 24.3 Å². The molecule has 1 atom stereocenters. The van der Waals surface area contributed by atoms with Gasteiger partial charge in [-0.2, -0.15) is 0 Å². The zero-order valence-electron chi connectivity index (χ0n) is 10.0. The second kappa shape index (κ2) is 6.41. The highest BCUT2D eigenvalue weighted by Gasteiger charge is 2.14. The minimum Gasteiger partial charge on any atom is -0.452 e. The molecule has 96 valence electrons. The van der Waals surface area contributed by atoms with Crippen LogP contribution >= 0.6 is 27.5 Å². The Hall–Kier alpha value is -0.770. The van der Waals surface area contributed by atoms with Crippen molar-refractivity contribution in [2.45, 2.75) is 11.8 Å². The topological polar surface area (TPSA) is 22.4 Å². The van der Waals surface area contributed by atoms with Gasteiger partial charge in [-0.05, 0) is 45.6 Å². The van der Waals surface area contributed by atoms with E-state index in [2.05, 4.69) is 28.1 Å². The average Bonchev–Trinajstić information content (AvgIpc) is 2.83. The molecule has 2 aromatic rings. The molecule has 1 aromatic carbocycles. The SMILES string of the molecule is COCCc1ccc(C(Cl)c2ccc(Br)o2)cc1. The Morgan fingerprint density at radius 1 is 1.22 bits per heavy atom. The molecule has 2 rings (SSSR count). The highest BCUT2D eigenvalue weighted by molar-refractivity contribution is 9.10. The number of furan rings is 1. The normalized spacial score (nSPS) is 12.6. The Labute approximate surface area is 120 Å². The fourth-order valence-corrected chi connectivity index (χ4v) is 2.28. The van der Waals surface area contributed by atoms with E-state index in [-0.39, 0.29) is 5.38 Å². The summed E-state index contributed by atoms with van der Waals surface area (Å²) in [6.07, 6.45) is 0.913. The van der Waals surface area contributed by atoms with E-state index < -0.39 is 0 Å². The Morgan fingerprint density at radius 3 is 2.50 bits per heavy atom. The van der Waals surface area contributed by atoms with Crippen molar-refractivity contribution in [3.05, 3.63) is 58.0 Å². The van der Waals surface area contributed by atoms with Crippen LogP contribution in [0.1, 0.15) is 22.3 Å². The lowest BCUT2D eigenvalue weighted by Gasteiger charge is -2.08. The van der Waals surface area contributed by atoms with Gasteiger partial charge in [0.2, 0.25) is 0 Å². The van der Waals surface area contributed by atoms with E-state index in [0.717, 1.165) is 24.4 Å². The molecular weight excluding hydrogens is 316 g/mol. The predicted molar refractivity (Wildman–Crippen MR) is 76.1 cm³/mol. The van der Waals surface area contributed by atoms with Crippen LogP contribution in [0.15, 0.2) is 45.5 Å². The van der Waals surface area contributed by atoms with Gasteiger partial charge >= 0.3 is 0 Å². The van der Waals surface area contributed by atoms with Crippen LogP contribution in [0.4, 0.5) is 0 Å². The Kier molecular flexibility index (Phi) is 4.87. The summed E-state index contributed by atoms with van der Waals surface area (Å²) in [5.74, 6) is 0.744. The second-order valence-corrected chi connectivity index (χ2v) is 5.21. The summed E-state index contributed by atoms with van der Waals surface area (Å²) in [5.41, 5.74) is 2.27. The van der Waals surface area contributed by atoms with E-state index in [1.165, 1.54) is 5.56 Å². The average molecular weight is 330 g/mol. The highest BCUT2D eigenvalue weighted by Crippen LogP contribution is 2.31. The van der Waals surface area contributed by atoms with E-state index in [1.54, 1.807) is 7.11 Å². The predicted octanol–water partition coefficient (Wildman–Crippen LogP) is 4.56. The van der Waals surface area contributed by atoms with Gasteiger partial charge in [0.25, 0.3) is 0 Å². The van der Waals surface area contributed by atoms with Gasteiger partial charge in [-0.1, -0.05) is 24.3 Å². The molecule has 4 heteroatoms. The zero-order valence-corrected chi connectivity index (χ0v) is 12.4. The number of ether oxygens (including phenoxy) is 1. The maximum Gasteiger partial charge on any atom is 0.169 e. The van der Waals surface area contributed by atoms with Crippen molar-refractivity contribution >= 4 is 27.5 Å². The quantitative estimate of drug-likeness (QED) is 0.750. The summed E-state index contributed by atoms with van der Waals surface area (Å²) in [4.78, 5) is 0. The molecular formula is C14H14BrClO2. The van der Waals surface area contributed by atoms with Gasteiger partial charge in [0.1, 0.15) is 11.1 Å². The van der Waals surface area contributed by atoms with E-state index in [0.29, 0.717) is 4.67 Å². The molecule has 2 nitrogen and oxygen atoms in total. The number of hydrogen-bond acceptors (Lipinski definition) is 2. The first-order valence-electron chi connectivity index (χ1n) is 5.68. The van der Waals surface area contributed by atoms with Gasteiger partial charge in [-0.25, -0.2) is 0 Å². The standard InChI is InChI=1S/C14H14BrClO2/c1-17-9-8-10-2-4-11(5-3-10)14(16)12-6-7-13(15)18-12/h2-7,14H,8-9H2,1H3. The van der Waals surface area contributed by atoms with Crippen LogP contribution in [-0.4, -0.2) is 13.7 Å². The molecule has 0 spiro atoms. The molecule has 0 saturated heterocycles. The molecule has 18 heavy (non-hydrogen) atoms. The molecule has 0 N–H and O–H groups in total. The van der Waals surface area contributed by atoms with Crippen molar-refractivity contribution in [1.29, 1.82) is 0 Å². The van der Waals surface area contributed by atoms with E-state index in [9.17, 15) is 0 Å². The lowest BCUT2D eigenvalue weighted by atomic mass is 10.1. The van der Waals surface area contributed by atoms with Crippen molar-refractivity contribution in [1.82, 2.24) is 0 Å². The Balaban J connectivity index is 2.09. The number of methoxy groups -OCH3 is 1. The lowest BCUT2D eigenvalue weighted by molar-refractivity contribution is 0.202. The maximum atomic E-state index is 6.36. The maximum absolute atomic E-state index is 6.36. The molecule has 0 fully saturated rings. The largest absolute Gasteiger partial charge is 0.452 e. The minimum absolute atomic E-state index is 0.257. The van der Waals surface area contributed by atoms with Gasteiger partial charge in [0.05, 0.1) is 6.61 Å². The molecule has 0 aliphatic heterocycles. The fraction of sp³-hybridized carbons (Fsp3) is 0.286. The molecule has 0 amide bonds. The number of alkyl halides is 1. The molecule has 0 saturated carbocycles. The van der Waals surface area contributed by atoms with E-state index in [4.69, 9.17) is 20.8 Å². The molecule has 0 bridgehead atoms. The van der Waals surface area contributed by atoms with Gasteiger partial charge in [-0.15, -0.1) is 11.6 Å². The highest BCUT2D eigenvalue weighted by atomic mass is 79.9. The van der Waals surface area contributed by atoms with Crippen LogP contribution in [0, 0.1) is 0 Å². The minimum atomic E-state index is -0.257. The Bertz CT molecular complexity index is 493. The fourth-order valence-electron chi connectivity index (χ4n) is 1.70. The monoisotopic (exact) mass is 328 g/mol. The third kappa shape index (κ3) is 3.37. The van der Waals surface area contributed by atoms with Crippen LogP contribution in [-0.2, 0) is 11.2 Å². The van der Waals surface area contributed by atoms with Gasteiger partial charge in [0, 0.05) is 7.11 Å². The summed E-state index contributed by atoms with van der Waals surface area (Å²) in [5, 5.41) is -0.257. The smallest absolute Gasteiger partial charge is 0.169 e. The first-order chi connectivity index (χ1) is 8.70. The first-order valence-corrected chi connectivity index (χ1v) is 6.90. The third-order valence-electron chi connectivity index (χ3n) is 2.71. The molecule has 0 aliphatic rings. The lowest BCUT2D eigenvalue weighted by Crippen LogP contribution is -1.96. The van der Waals surface area contributed by atoms with Crippen LogP contribution in [0.2, 0.25) is 0 Å². The summed E-state index contributed by atoms with van der Waals surface area (Å²) in [6.45, 7) is 0.731. The second-order valence-electron chi connectivity index (χ2n) is 3.99.